The van der Waals surface area contributed by atoms with Crippen LogP contribution in [0.3, 0.4) is 0 Å². The fourth-order valence-corrected chi connectivity index (χ4v) is 3.01. The molecule has 0 amide bonds. The van der Waals surface area contributed by atoms with E-state index in [0.717, 1.165) is 17.8 Å². The first-order valence-corrected chi connectivity index (χ1v) is 8.89. The minimum absolute atomic E-state index is 0.296. The van der Waals surface area contributed by atoms with Gasteiger partial charge in [-0.25, -0.2) is 0 Å². The number of aromatic nitrogens is 4. The largest absolute Gasteiger partial charge is 0.350 e. The Morgan fingerprint density at radius 3 is 2.56 bits per heavy atom. The van der Waals surface area contributed by atoms with E-state index in [1.165, 1.54) is 25.1 Å². The molecule has 134 valence electrons. The molecular formula is C20H17N5O2. The quantitative estimate of drug-likeness (QED) is 0.538. The second-order valence-corrected chi connectivity index (χ2v) is 6.54. The van der Waals surface area contributed by atoms with Crippen LogP contribution in [0.5, 0.6) is 0 Å². The van der Waals surface area contributed by atoms with Crippen LogP contribution >= 0.6 is 0 Å². The maximum absolute atomic E-state index is 5.35. The SMILES string of the molecule is c1ccc(-c2cc(-c3nc(-c4ccc(CN5CCC5)cc4)no3)on2)nc1. The molecule has 1 aromatic carbocycles. The molecule has 7 heteroatoms. The van der Waals surface area contributed by atoms with Crippen LogP contribution in [0.25, 0.3) is 34.4 Å². The van der Waals surface area contributed by atoms with Crippen molar-refractivity contribution in [3.05, 3.63) is 60.3 Å². The van der Waals surface area contributed by atoms with E-state index < -0.39 is 0 Å². The summed E-state index contributed by atoms with van der Waals surface area (Å²) >= 11 is 0. The summed E-state index contributed by atoms with van der Waals surface area (Å²) in [6.07, 6.45) is 3.01. The van der Waals surface area contributed by atoms with Gasteiger partial charge in [-0.15, -0.1) is 0 Å². The van der Waals surface area contributed by atoms with Gasteiger partial charge in [0.1, 0.15) is 5.69 Å². The first kappa shape index (κ1) is 15.9. The minimum atomic E-state index is 0.296. The van der Waals surface area contributed by atoms with E-state index >= 15 is 0 Å². The molecule has 0 aliphatic carbocycles. The summed E-state index contributed by atoms with van der Waals surface area (Å²) in [7, 11) is 0. The van der Waals surface area contributed by atoms with Gasteiger partial charge in [-0.1, -0.05) is 40.6 Å². The van der Waals surface area contributed by atoms with E-state index in [1.54, 1.807) is 12.3 Å². The Bertz CT molecular complexity index is 1040. The Balaban J connectivity index is 1.34. The summed E-state index contributed by atoms with van der Waals surface area (Å²) in [5.74, 6) is 1.24. The summed E-state index contributed by atoms with van der Waals surface area (Å²) in [6.45, 7) is 3.37. The van der Waals surface area contributed by atoms with Crippen molar-refractivity contribution in [2.24, 2.45) is 0 Å². The van der Waals surface area contributed by atoms with Crippen LogP contribution in [-0.4, -0.2) is 38.3 Å². The van der Waals surface area contributed by atoms with Gasteiger partial charge < -0.3 is 9.05 Å². The Morgan fingerprint density at radius 2 is 1.81 bits per heavy atom. The van der Waals surface area contributed by atoms with Crippen LogP contribution in [0, 0.1) is 0 Å². The van der Waals surface area contributed by atoms with Gasteiger partial charge in [-0.2, -0.15) is 4.98 Å². The van der Waals surface area contributed by atoms with E-state index in [0.29, 0.717) is 23.2 Å². The molecule has 7 nitrogen and oxygen atoms in total. The number of hydrogen-bond acceptors (Lipinski definition) is 7. The molecule has 0 atom stereocenters. The van der Waals surface area contributed by atoms with Crippen molar-refractivity contribution in [2.75, 3.05) is 13.1 Å². The number of nitrogens with zero attached hydrogens (tertiary/aromatic N) is 5. The number of likely N-dealkylation sites (tertiary alicyclic amines) is 1. The monoisotopic (exact) mass is 359 g/mol. The van der Waals surface area contributed by atoms with Gasteiger partial charge in [0.15, 0.2) is 0 Å². The zero-order chi connectivity index (χ0) is 18.1. The third kappa shape index (κ3) is 3.24. The second-order valence-electron chi connectivity index (χ2n) is 6.54. The fraction of sp³-hybridized carbons (Fsp3) is 0.200. The highest BCUT2D eigenvalue weighted by molar-refractivity contribution is 5.61. The topological polar surface area (TPSA) is 81.1 Å². The summed E-state index contributed by atoms with van der Waals surface area (Å²) < 4.78 is 10.7. The van der Waals surface area contributed by atoms with Crippen molar-refractivity contribution in [3.63, 3.8) is 0 Å². The molecular weight excluding hydrogens is 342 g/mol. The zero-order valence-electron chi connectivity index (χ0n) is 14.6. The van der Waals surface area contributed by atoms with Gasteiger partial charge in [0, 0.05) is 24.4 Å². The fourth-order valence-electron chi connectivity index (χ4n) is 3.01. The summed E-state index contributed by atoms with van der Waals surface area (Å²) in [5, 5.41) is 8.09. The van der Waals surface area contributed by atoms with E-state index in [1.807, 2.05) is 30.3 Å². The second kappa shape index (κ2) is 6.77. The van der Waals surface area contributed by atoms with Gasteiger partial charge in [0.05, 0.1) is 5.69 Å². The van der Waals surface area contributed by atoms with Crippen molar-refractivity contribution >= 4 is 0 Å². The van der Waals surface area contributed by atoms with Gasteiger partial charge in [-0.05, 0) is 37.2 Å². The zero-order valence-corrected chi connectivity index (χ0v) is 14.6. The Morgan fingerprint density at radius 1 is 0.926 bits per heavy atom. The van der Waals surface area contributed by atoms with Crippen LogP contribution in [0.1, 0.15) is 12.0 Å². The Labute approximate surface area is 155 Å². The van der Waals surface area contributed by atoms with Crippen LogP contribution in [0.2, 0.25) is 0 Å². The van der Waals surface area contributed by atoms with Gasteiger partial charge in [0.25, 0.3) is 5.89 Å². The molecule has 1 fully saturated rings. The first-order chi connectivity index (χ1) is 13.3. The van der Waals surface area contributed by atoms with Crippen molar-refractivity contribution in [2.45, 2.75) is 13.0 Å². The smallest absolute Gasteiger partial charge is 0.296 e. The first-order valence-electron chi connectivity index (χ1n) is 8.89. The van der Waals surface area contributed by atoms with Crippen LogP contribution in [0.4, 0.5) is 0 Å². The highest BCUT2D eigenvalue weighted by Crippen LogP contribution is 2.26. The lowest BCUT2D eigenvalue weighted by molar-refractivity contribution is 0.172. The highest BCUT2D eigenvalue weighted by atomic mass is 16.5. The van der Waals surface area contributed by atoms with E-state index in [9.17, 15) is 0 Å². The number of rotatable bonds is 5. The predicted molar refractivity (Wildman–Crippen MR) is 98.4 cm³/mol. The Kier molecular flexibility index (Phi) is 3.99. The summed E-state index contributed by atoms with van der Waals surface area (Å²) in [4.78, 5) is 11.1. The van der Waals surface area contributed by atoms with Crippen molar-refractivity contribution in [3.8, 4) is 34.4 Å². The molecule has 27 heavy (non-hydrogen) atoms. The molecule has 5 rings (SSSR count). The lowest BCUT2D eigenvalue weighted by atomic mass is 10.1. The average Bonchev–Trinajstić information content (AvgIpc) is 3.35. The molecule has 1 aliphatic heterocycles. The van der Waals surface area contributed by atoms with Crippen LogP contribution < -0.4 is 0 Å². The number of pyridine rings is 1. The molecule has 0 radical (unpaired) electrons. The molecule has 0 unspecified atom stereocenters. The predicted octanol–water partition coefficient (Wildman–Crippen LogP) is 3.66. The van der Waals surface area contributed by atoms with E-state index in [4.69, 9.17) is 9.05 Å². The Hall–Kier alpha value is -3.32. The molecule has 0 saturated carbocycles. The normalized spacial score (nSPS) is 14.2. The van der Waals surface area contributed by atoms with Gasteiger partial charge in [-0.3, -0.25) is 9.88 Å². The van der Waals surface area contributed by atoms with E-state index in [-0.39, 0.29) is 0 Å². The molecule has 4 aromatic rings. The maximum atomic E-state index is 5.35. The molecule has 0 spiro atoms. The third-order valence-electron chi connectivity index (χ3n) is 4.64. The summed E-state index contributed by atoms with van der Waals surface area (Å²) in [5.41, 5.74) is 3.55. The number of benzene rings is 1. The van der Waals surface area contributed by atoms with E-state index in [2.05, 4.69) is 37.3 Å². The lowest BCUT2D eigenvalue weighted by Gasteiger charge is -2.30. The maximum Gasteiger partial charge on any atom is 0.296 e. The van der Waals surface area contributed by atoms with Crippen LogP contribution in [-0.2, 0) is 6.54 Å². The van der Waals surface area contributed by atoms with Gasteiger partial charge in [0.2, 0.25) is 11.6 Å². The molecule has 0 bridgehead atoms. The standard InChI is InChI=1S/C20H17N5O2/c1-2-9-21-16(4-1)17-12-18(26-23-17)20-22-19(24-27-20)15-7-5-14(6-8-15)13-25-10-3-11-25/h1-2,4-9,12H,3,10-11,13H2. The minimum Gasteiger partial charge on any atom is -0.350 e. The molecule has 0 N–H and O–H groups in total. The van der Waals surface area contributed by atoms with Crippen molar-refractivity contribution in [1.29, 1.82) is 0 Å². The van der Waals surface area contributed by atoms with Crippen molar-refractivity contribution < 1.29 is 9.05 Å². The van der Waals surface area contributed by atoms with Crippen molar-refractivity contribution in [1.82, 2.24) is 25.2 Å². The molecule has 4 heterocycles. The molecule has 1 aliphatic rings. The summed E-state index contributed by atoms with van der Waals surface area (Å²) in [6, 6.07) is 15.6. The molecule has 3 aromatic heterocycles. The van der Waals surface area contributed by atoms with Gasteiger partial charge >= 0.3 is 0 Å². The lowest BCUT2D eigenvalue weighted by Crippen LogP contribution is -2.36. The number of hydrogen-bond donors (Lipinski definition) is 0. The van der Waals surface area contributed by atoms with Crippen LogP contribution in [0.15, 0.2) is 63.8 Å². The highest BCUT2D eigenvalue weighted by Gasteiger charge is 2.17. The third-order valence-corrected chi connectivity index (χ3v) is 4.64. The average molecular weight is 359 g/mol. The molecule has 1 saturated heterocycles.